The second kappa shape index (κ2) is 7.08. The van der Waals surface area contributed by atoms with Gasteiger partial charge in [0.1, 0.15) is 0 Å². The monoisotopic (exact) mass is 220 g/mol. The lowest BCUT2D eigenvalue weighted by molar-refractivity contribution is 0.194. The first-order chi connectivity index (χ1) is 7.33. The van der Waals surface area contributed by atoms with Gasteiger partial charge in [-0.1, -0.05) is 42.5 Å². The standard InChI is InChI=1S/C13H13ClO/c1-2-3-10-15-11-4-5-12-6-8-13(14)9-7-12/h3-9H,1,10-11H2/b5-4+. The Labute approximate surface area is 95.3 Å². The Kier molecular flexibility index (Phi) is 5.57. The van der Waals surface area contributed by atoms with Crippen LogP contribution in [-0.4, -0.2) is 13.2 Å². The molecule has 0 aliphatic heterocycles. The fraction of sp³-hybridized carbons (Fsp3) is 0.154. The molecule has 78 valence electrons. The average Bonchev–Trinajstić information content (AvgIpc) is 2.26. The van der Waals surface area contributed by atoms with E-state index >= 15 is 0 Å². The van der Waals surface area contributed by atoms with Gasteiger partial charge in [0.2, 0.25) is 0 Å². The van der Waals surface area contributed by atoms with Crippen LogP contribution < -0.4 is 0 Å². The van der Waals surface area contributed by atoms with Gasteiger partial charge in [0.25, 0.3) is 0 Å². The van der Waals surface area contributed by atoms with Gasteiger partial charge in [-0.3, -0.25) is 0 Å². The molecular weight excluding hydrogens is 208 g/mol. The normalized spacial score (nSPS) is 10.2. The van der Waals surface area contributed by atoms with Crippen molar-refractivity contribution < 1.29 is 4.74 Å². The van der Waals surface area contributed by atoms with Gasteiger partial charge >= 0.3 is 0 Å². The molecule has 0 spiro atoms. The van der Waals surface area contributed by atoms with E-state index in [4.69, 9.17) is 16.3 Å². The van der Waals surface area contributed by atoms with Gasteiger partial charge in [0, 0.05) is 5.02 Å². The van der Waals surface area contributed by atoms with Gasteiger partial charge in [0.05, 0.1) is 13.2 Å². The summed E-state index contributed by atoms with van der Waals surface area (Å²) in [5.41, 5.74) is 3.76. The molecule has 0 N–H and O–H groups in total. The van der Waals surface area contributed by atoms with E-state index in [0.717, 1.165) is 10.6 Å². The first kappa shape index (κ1) is 11.8. The Morgan fingerprint density at radius 3 is 2.67 bits per heavy atom. The molecule has 0 heterocycles. The molecule has 0 aromatic heterocycles. The largest absolute Gasteiger partial charge is 0.373 e. The van der Waals surface area contributed by atoms with Crippen molar-refractivity contribution in [3.63, 3.8) is 0 Å². The van der Waals surface area contributed by atoms with Crippen molar-refractivity contribution in [1.29, 1.82) is 0 Å². The maximum absolute atomic E-state index is 5.76. The minimum absolute atomic E-state index is 0.550. The summed E-state index contributed by atoms with van der Waals surface area (Å²) in [7, 11) is 0. The molecule has 0 radical (unpaired) electrons. The molecule has 15 heavy (non-hydrogen) atoms. The van der Waals surface area contributed by atoms with E-state index in [0.29, 0.717) is 13.2 Å². The van der Waals surface area contributed by atoms with Crippen LogP contribution in [0.3, 0.4) is 0 Å². The quantitative estimate of drug-likeness (QED) is 0.543. The van der Waals surface area contributed by atoms with Crippen molar-refractivity contribution >= 4 is 17.7 Å². The second-order valence-electron chi connectivity index (χ2n) is 2.90. The molecule has 0 unspecified atom stereocenters. The predicted molar refractivity (Wildman–Crippen MR) is 65.0 cm³/mol. The number of rotatable bonds is 5. The van der Waals surface area contributed by atoms with Gasteiger partial charge in [-0.15, -0.1) is 5.73 Å². The fourth-order valence-corrected chi connectivity index (χ4v) is 1.14. The highest BCUT2D eigenvalue weighted by atomic mass is 35.5. The molecule has 0 fully saturated rings. The Bertz CT molecular complexity index is 359. The van der Waals surface area contributed by atoms with E-state index in [-0.39, 0.29) is 0 Å². The van der Waals surface area contributed by atoms with Crippen LogP contribution in [0.25, 0.3) is 6.08 Å². The van der Waals surface area contributed by atoms with E-state index in [2.05, 4.69) is 12.3 Å². The maximum Gasteiger partial charge on any atom is 0.0725 e. The number of hydrogen-bond acceptors (Lipinski definition) is 1. The van der Waals surface area contributed by atoms with Crippen molar-refractivity contribution in [3.8, 4) is 0 Å². The lowest BCUT2D eigenvalue weighted by atomic mass is 10.2. The van der Waals surface area contributed by atoms with Crippen LogP contribution in [0.15, 0.2) is 48.7 Å². The van der Waals surface area contributed by atoms with Crippen molar-refractivity contribution in [2.75, 3.05) is 13.2 Å². The second-order valence-corrected chi connectivity index (χ2v) is 3.34. The molecule has 0 saturated heterocycles. The highest BCUT2D eigenvalue weighted by Crippen LogP contribution is 2.10. The minimum Gasteiger partial charge on any atom is -0.373 e. The topological polar surface area (TPSA) is 9.23 Å². The molecule has 0 saturated carbocycles. The van der Waals surface area contributed by atoms with Crippen LogP contribution >= 0.6 is 11.6 Å². The van der Waals surface area contributed by atoms with Gasteiger partial charge in [-0.05, 0) is 23.8 Å². The van der Waals surface area contributed by atoms with E-state index in [1.807, 2.05) is 36.4 Å². The minimum atomic E-state index is 0.550. The molecule has 1 aromatic carbocycles. The molecule has 0 amide bonds. The SMILES string of the molecule is C=C=CCOC/C=C/c1ccc(Cl)cc1. The Morgan fingerprint density at radius 1 is 1.27 bits per heavy atom. The van der Waals surface area contributed by atoms with Crippen molar-refractivity contribution in [2.24, 2.45) is 0 Å². The third-order valence-electron chi connectivity index (χ3n) is 1.74. The first-order valence-electron chi connectivity index (χ1n) is 4.67. The molecule has 1 aromatic rings. The molecule has 0 aliphatic carbocycles. The summed E-state index contributed by atoms with van der Waals surface area (Å²) in [6.45, 7) is 4.58. The molecule has 1 rings (SSSR count). The molecule has 0 aliphatic rings. The molecule has 0 atom stereocenters. The van der Waals surface area contributed by atoms with Crippen LogP contribution in [0.2, 0.25) is 5.02 Å². The number of ether oxygens (including phenoxy) is 1. The van der Waals surface area contributed by atoms with Crippen molar-refractivity contribution in [1.82, 2.24) is 0 Å². The van der Waals surface area contributed by atoms with Crippen LogP contribution in [0.1, 0.15) is 5.56 Å². The third-order valence-corrected chi connectivity index (χ3v) is 1.99. The van der Waals surface area contributed by atoms with Crippen molar-refractivity contribution in [3.05, 3.63) is 59.3 Å². The van der Waals surface area contributed by atoms with E-state index in [1.54, 1.807) is 6.08 Å². The summed E-state index contributed by atoms with van der Waals surface area (Å²) < 4.78 is 5.25. The van der Waals surface area contributed by atoms with E-state index in [1.165, 1.54) is 0 Å². The van der Waals surface area contributed by atoms with Gasteiger partial charge < -0.3 is 4.74 Å². The summed E-state index contributed by atoms with van der Waals surface area (Å²) in [6, 6.07) is 7.65. The lowest BCUT2D eigenvalue weighted by Crippen LogP contribution is -1.89. The zero-order valence-electron chi connectivity index (χ0n) is 8.45. The molecule has 2 heteroatoms. The number of hydrogen-bond donors (Lipinski definition) is 0. The Balaban J connectivity index is 2.31. The van der Waals surface area contributed by atoms with Gasteiger partial charge in [-0.2, -0.15) is 0 Å². The molecule has 1 nitrogen and oxygen atoms in total. The summed E-state index contributed by atoms with van der Waals surface area (Å²) in [5.74, 6) is 0. The summed E-state index contributed by atoms with van der Waals surface area (Å²) in [4.78, 5) is 0. The van der Waals surface area contributed by atoms with E-state index < -0.39 is 0 Å². The zero-order chi connectivity index (χ0) is 10.9. The fourth-order valence-electron chi connectivity index (χ4n) is 1.01. The van der Waals surface area contributed by atoms with Gasteiger partial charge in [0.15, 0.2) is 0 Å². The number of halogens is 1. The molecular formula is C13H13ClO. The summed E-state index contributed by atoms with van der Waals surface area (Å²) in [6.07, 6.45) is 5.70. The number of benzene rings is 1. The van der Waals surface area contributed by atoms with E-state index in [9.17, 15) is 0 Å². The first-order valence-corrected chi connectivity index (χ1v) is 5.05. The maximum atomic E-state index is 5.76. The predicted octanol–water partition coefficient (Wildman–Crippen LogP) is 3.71. The van der Waals surface area contributed by atoms with Crippen LogP contribution in [0.5, 0.6) is 0 Å². The summed E-state index contributed by atoms with van der Waals surface area (Å²) in [5, 5.41) is 0.750. The highest BCUT2D eigenvalue weighted by Gasteiger charge is 1.86. The van der Waals surface area contributed by atoms with Crippen molar-refractivity contribution in [2.45, 2.75) is 0 Å². The zero-order valence-corrected chi connectivity index (χ0v) is 9.20. The van der Waals surface area contributed by atoms with Crippen LogP contribution in [-0.2, 0) is 4.74 Å². The summed E-state index contributed by atoms with van der Waals surface area (Å²) >= 11 is 5.76. The lowest BCUT2D eigenvalue weighted by Gasteiger charge is -1.95. The van der Waals surface area contributed by atoms with Gasteiger partial charge in [-0.25, -0.2) is 0 Å². The van der Waals surface area contributed by atoms with Crippen LogP contribution in [0, 0.1) is 0 Å². The highest BCUT2D eigenvalue weighted by molar-refractivity contribution is 6.30. The molecule has 0 bridgehead atoms. The Morgan fingerprint density at radius 2 is 2.00 bits per heavy atom. The third kappa shape index (κ3) is 5.24. The van der Waals surface area contributed by atoms with Crippen LogP contribution in [0.4, 0.5) is 0 Å². The smallest absolute Gasteiger partial charge is 0.0725 e. The Hall–Kier alpha value is -1.27. The average molecular weight is 221 g/mol.